The van der Waals surface area contributed by atoms with Gasteiger partial charge in [0.1, 0.15) is 5.75 Å². The molecule has 0 bridgehead atoms. The second-order valence-corrected chi connectivity index (χ2v) is 4.20. The van der Waals surface area contributed by atoms with E-state index in [2.05, 4.69) is 4.90 Å². The van der Waals surface area contributed by atoms with Crippen LogP contribution in [0.3, 0.4) is 0 Å². The SMILES string of the molecule is Oc1ccc(CN2CCC[C@H](O)C2)cc1. The van der Waals surface area contributed by atoms with Crippen LogP contribution in [0.25, 0.3) is 0 Å². The normalized spacial score (nSPS) is 22.9. The molecule has 1 aromatic carbocycles. The number of nitrogens with zero attached hydrogens (tertiary/aromatic N) is 1. The Hall–Kier alpha value is -1.06. The van der Waals surface area contributed by atoms with Crippen LogP contribution in [0.15, 0.2) is 24.3 Å². The number of likely N-dealkylation sites (tertiary alicyclic amines) is 1. The largest absolute Gasteiger partial charge is 0.508 e. The lowest BCUT2D eigenvalue weighted by molar-refractivity contribution is 0.0668. The summed E-state index contributed by atoms with van der Waals surface area (Å²) in [4.78, 5) is 2.25. The highest BCUT2D eigenvalue weighted by Crippen LogP contribution is 2.15. The van der Waals surface area contributed by atoms with Crippen molar-refractivity contribution in [2.75, 3.05) is 13.1 Å². The number of β-amino-alcohol motifs (C(OH)–C–C–N with tert-alkyl or cyclic N) is 1. The molecule has 0 aromatic heterocycles. The van der Waals surface area contributed by atoms with E-state index in [1.54, 1.807) is 12.1 Å². The standard InChI is InChI=1S/C12H17NO2/c14-11-5-3-10(4-6-11)8-13-7-1-2-12(15)9-13/h3-6,12,14-15H,1-2,7-9H2/t12-/m0/s1. The summed E-state index contributed by atoms with van der Waals surface area (Å²) in [5.74, 6) is 0.303. The molecule has 3 heteroatoms. The van der Waals surface area contributed by atoms with Gasteiger partial charge in [0, 0.05) is 13.1 Å². The van der Waals surface area contributed by atoms with Crippen molar-refractivity contribution in [1.82, 2.24) is 4.90 Å². The van der Waals surface area contributed by atoms with Crippen LogP contribution in [-0.4, -0.2) is 34.3 Å². The highest BCUT2D eigenvalue weighted by atomic mass is 16.3. The smallest absolute Gasteiger partial charge is 0.115 e. The molecular weight excluding hydrogens is 190 g/mol. The van der Waals surface area contributed by atoms with E-state index < -0.39 is 0 Å². The van der Waals surface area contributed by atoms with Gasteiger partial charge < -0.3 is 10.2 Å². The van der Waals surface area contributed by atoms with E-state index in [1.807, 2.05) is 12.1 Å². The summed E-state index contributed by atoms with van der Waals surface area (Å²) in [5, 5.41) is 18.7. The highest BCUT2D eigenvalue weighted by Gasteiger charge is 2.17. The van der Waals surface area contributed by atoms with Gasteiger partial charge in [-0.1, -0.05) is 12.1 Å². The lowest BCUT2D eigenvalue weighted by Gasteiger charge is -2.29. The minimum absolute atomic E-state index is 0.170. The van der Waals surface area contributed by atoms with Gasteiger partial charge in [-0.2, -0.15) is 0 Å². The van der Waals surface area contributed by atoms with E-state index >= 15 is 0 Å². The molecule has 1 atom stereocenters. The molecule has 0 spiro atoms. The van der Waals surface area contributed by atoms with Crippen molar-refractivity contribution in [3.8, 4) is 5.75 Å². The first-order valence-corrected chi connectivity index (χ1v) is 5.42. The third-order valence-electron chi connectivity index (χ3n) is 2.82. The molecule has 0 saturated carbocycles. The number of aromatic hydroxyl groups is 1. The van der Waals surface area contributed by atoms with Crippen LogP contribution in [0.5, 0.6) is 5.75 Å². The van der Waals surface area contributed by atoms with Gasteiger partial charge in [0.15, 0.2) is 0 Å². The minimum Gasteiger partial charge on any atom is -0.508 e. The third kappa shape index (κ3) is 2.94. The maximum absolute atomic E-state index is 9.52. The summed E-state index contributed by atoms with van der Waals surface area (Å²) in [6, 6.07) is 7.26. The molecular formula is C12H17NO2. The van der Waals surface area contributed by atoms with Gasteiger partial charge in [0.05, 0.1) is 6.10 Å². The van der Waals surface area contributed by atoms with Crippen molar-refractivity contribution in [2.24, 2.45) is 0 Å². The summed E-state index contributed by atoms with van der Waals surface area (Å²) in [5.41, 5.74) is 1.18. The zero-order valence-corrected chi connectivity index (χ0v) is 8.76. The van der Waals surface area contributed by atoms with Crippen LogP contribution >= 0.6 is 0 Å². The zero-order valence-electron chi connectivity index (χ0n) is 8.76. The lowest BCUT2D eigenvalue weighted by atomic mass is 10.1. The first-order valence-electron chi connectivity index (χ1n) is 5.42. The van der Waals surface area contributed by atoms with Crippen molar-refractivity contribution in [3.05, 3.63) is 29.8 Å². The van der Waals surface area contributed by atoms with Gasteiger partial charge in [-0.25, -0.2) is 0 Å². The minimum atomic E-state index is -0.170. The summed E-state index contributed by atoms with van der Waals surface area (Å²) in [6.07, 6.45) is 1.82. The Morgan fingerprint density at radius 3 is 2.67 bits per heavy atom. The van der Waals surface area contributed by atoms with Crippen LogP contribution < -0.4 is 0 Å². The summed E-state index contributed by atoms with van der Waals surface area (Å²) in [6.45, 7) is 2.68. The quantitative estimate of drug-likeness (QED) is 0.769. The molecule has 3 nitrogen and oxygen atoms in total. The molecule has 1 aliphatic rings. The molecule has 2 N–H and O–H groups in total. The Labute approximate surface area is 90.0 Å². The van der Waals surface area contributed by atoms with Crippen molar-refractivity contribution >= 4 is 0 Å². The summed E-state index contributed by atoms with van der Waals surface area (Å²) in [7, 11) is 0. The molecule has 1 fully saturated rings. The topological polar surface area (TPSA) is 43.7 Å². The number of hydrogen-bond donors (Lipinski definition) is 2. The van der Waals surface area contributed by atoms with Crippen LogP contribution in [-0.2, 0) is 6.54 Å². The third-order valence-corrected chi connectivity index (χ3v) is 2.82. The Bertz CT molecular complexity index is 310. The van der Waals surface area contributed by atoms with Gasteiger partial charge in [-0.15, -0.1) is 0 Å². The van der Waals surface area contributed by atoms with Crippen LogP contribution in [0, 0.1) is 0 Å². The Morgan fingerprint density at radius 1 is 1.27 bits per heavy atom. The predicted octanol–water partition coefficient (Wildman–Crippen LogP) is 1.35. The lowest BCUT2D eigenvalue weighted by Crippen LogP contribution is -2.37. The maximum atomic E-state index is 9.52. The second-order valence-electron chi connectivity index (χ2n) is 4.20. The van der Waals surface area contributed by atoms with Gasteiger partial charge in [-0.3, -0.25) is 4.90 Å². The van der Waals surface area contributed by atoms with E-state index in [-0.39, 0.29) is 6.10 Å². The number of phenolic OH excluding ortho intramolecular Hbond substituents is 1. The van der Waals surface area contributed by atoms with Gasteiger partial charge in [0.2, 0.25) is 0 Å². The van der Waals surface area contributed by atoms with E-state index in [9.17, 15) is 5.11 Å². The van der Waals surface area contributed by atoms with Crippen molar-refractivity contribution in [1.29, 1.82) is 0 Å². The van der Waals surface area contributed by atoms with Crippen LogP contribution in [0.2, 0.25) is 0 Å². The van der Waals surface area contributed by atoms with E-state index in [1.165, 1.54) is 5.56 Å². The highest BCUT2D eigenvalue weighted by molar-refractivity contribution is 5.25. The van der Waals surface area contributed by atoms with Gasteiger partial charge in [0.25, 0.3) is 0 Å². The fraction of sp³-hybridized carbons (Fsp3) is 0.500. The number of rotatable bonds is 2. The van der Waals surface area contributed by atoms with Gasteiger partial charge in [-0.05, 0) is 37.1 Å². The van der Waals surface area contributed by atoms with Gasteiger partial charge >= 0.3 is 0 Å². The molecule has 2 rings (SSSR count). The fourth-order valence-electron chi connectivity index (χ4n) is 2.03. The Morgan fingerprint density at radius 2 is 2.00 bits per heavy atom. The summed E-state index contributed by atoms with van der Waals surface area (Å²) >= 11 is 0. The number of phenols is 1. The van der Waals surface area contributed by atoms with Crippen molar-refractivity contribution in [2.45, 2.75) is 25.5 Å². The number of aliphatic hydroxyl groups is 1. The van der Waals surface area contributed by atoms with E-state index in [0.717, 1.165) is 32.5 Å². The molecule has 82 valence electrons. The molecule has 15 heavy (non-hydrogen) atoms. The first-order chi connectivity index (χ1) is 7.24. The Kier molecular flexibility index (Phi) is 3.23. The predicted molar refractivity (Wildman–Crippen MR) is 58.6 cm³/mol. The van der Waals surface area contributed by atoms with Crippen molar-refractivity contribution in [3.63, 3.8) is 0 Å². The fourth-order valence-corrected chi connectivity index (χ4v) is 2.03. The molecule has 0 unspecified atom stereocenters. The average Bonchev–Trinajstić information content (AvgIpc) is 2.22. The molecule has 1 aliphatic heterocycles. The van der Waals surface area contributed by atoms with Crippen LogP contribution in [0.4, 0.5) is 0 Å². The summed E-state index contributed by atoms with van der Waals surface area (Å²) < 4.78 is 0. The van der Waals surface area contributed by atoms with Crippen molar-refractivity contribution < 1.29 is 10.2 Å². The number of benzene rings is 1. The maximum Gasteiger partial charge on any atom is 0.115 e. The second kappa shape index (κ2) is 4.64. The molecule has 1 saturated heterocycles. The Balaban J connectivity index is 1.93. The number of aliphatic hydroxyl groups excluding tert-OH is 1. The monoisotopic (exact) mass is 207 g/mol. The van der Waals surface area contributed by atoms with E-state index in [0.29, 0.717) is 5.75 Å². The number of piperidine rings is 1. The molecule has 1 heterocycles. The average molecular weight is 207 g/mol. The number of hydrogen-bond acceptors (Lipinski definition) is 3. The molecule has 0 radical (unpaired) electrons. The first kappa shape index (κ1) is 10.5. The molecule has 0 aliphatic carbocycles. The molecule has 1 aromatic rings. The van der Waals surface area contributed by atoms with E-state index in [4.69, 9.17) is 5.11 Å². The van der Waals surface area contributed by atoms with Crippen LogP contribution in [0.1, 0.15) is 18.4 Å². The molecule has 0 amide bonds. The zero-order chi connectivity index (χ0) is 10.7.